The van der Waals surface area contributed by atoms with Crippen molar-refractivity contribution in [3.63, 3.8) is 0 Å². The van der Waals surface area contributed by atoms with Gasteiger partial charge in [-0.05, 0) is 0 Å². The minimum absolute atomic E-state index is 0.612. The van der Waals surface area contributed by atoms with Crippen LogP contribution in [0.15, 0.2) is 6.20 Å². The maximum atomic E-state index is 4.90. The molecule has 0 aromatic carbocycles. The molecule has 0 spiro atoms. The lowest BCUT2D eigenvalue weighted by Crippen LogP contribution is -1.79. The Morgan fingerprint density at radius 1 is 1.60 bits per heavy atom. The summed E-state index contributed by atoms with van der Waals surface area (Å²) in [6, 6.07) is 0. The molecule has 1 aromatic rings. The number of hydrogen-bond acceptors (Lipinski definition) is 4. The highest BCUT2D eigenvalue weighted by atomic mass is 32.1. The molecule has 0 amide bonds. The highest BCUT2D eigenvalue weighted by Crippen LogP contribution is 2.19. The Balaban J connectivity index is 2.59. The number of methoxy groups -OCH3 is 2. The molecule has 0 atom stereocenters. The van der Waals surface area contributed by atoms with Gasteiger partial charge in [-0.15, -0.1) is 0 Å². The summed E-state index contributed by atoms with van der Waals surface area (Å²) in [5, 5.41) is 0.687. The van der Waals surface area contributed by atoms with Crippen molar-refractivity contribution in [2.24, 2.45) is 0 Å². The number of rotatable bonds is 3. The summed E-state index contributed by atoms with van der Waals surface area (Å²) >= 11 is 1.50. The van der Waals surface area contributed by atoms with Crippen LogP contribution in [0.5, 0.6) is 5.19 Å². The van der Waals surface area contributed by atoms with Gasteiger partial charge in [-0.1, -0.05) is 11.3 Å². The van der Waals surface area contributed by atoms with Gasteiger partial charge in [0.2, 0.25) is 0 Å². The van der Waals surface area contributed by atoms with Gasteiger partial charge in [0, 0.05) is 13.3 Å². The van der Waals surface area contributed by atoms with E-state index in [9.17, 15) is 0 Å². The molecule has 0 aliphatic carbocycles. The molecule has 0 bridgehead atoms. The third-order valence-electron chi connectivity index (χ3n) is 0.994. The largest absolute Gasteiger partial charge is 0.473 e. The molecular formula is C6H9NO2S. The fourth-order valence-corrected chi connectivity index (χ4v) is 1.29. The summed E-state index contributed by atoms with van der Waals surface area (Å²) < 4.78 is 9.79. The van der Waals surface area contributed by atoms with Crippen LogP contribution in [0.1, 0.15) is 4.88 Å². The van der Waals surface area contributed by atoms with Crippen molar-refractivity contribution in [1.29, 1.82) is 0 Å². The monoisotopic (exact) mass is 159 g/mol. The molecule has 0 aliphatic rings. The standard InChI is InChI=1S/C6H9NO2S/c1-8-4-5-3-7-6(9-2)10-5/h3H,4H2,1-2H3. The van der Waals surface area contributed by atoms with Crippen molar-refractivity contribution in [2.75, 3.05) is 14.2 Å². The van der Waals surface area contributed by atoms with Crippen LogP contribution in [-0.2, 0) is 11.3 Å². The second-order valence-electron chi connectivity index (χ2n) is 1.73. The molecule has 1 heterocycles. The van der Waals surface area contributed by atoms with Crippen molar-refractivity contribution in [2.45, 2.75) is 6.61 Å². The molecule has 0 N–H and O–H groups in total. The number of thiazole rings is 1. The first-order valence-electron chi connectivity index (χ1n) is 2.84. The minimum atomic E-state index is 0.612. The van der Waals surface area contributed by atoms with Crippen LogP contribution in [0.25, 0.3) is 0 Å². The molecule has 0 unspecified atom stereocenters. The van der Waals surface area contributed by atoms with Gasteiger partial charge in [-0.25, -0.2) is 4.98 Å². The normalized spacial score (nSPS) is 9.80. The molecule has 0 saturated carbocycles. The molecule has 10 heavy (non-hydrogen) atoms. The van der Waals surface area contributed by atoms with Crippen LogP contribution >= 0.6 is 11.3 Å². The zero-order chi connectivity index (χ0) is 7.40. The number of aromatic nitrogens is 1. The Labute approximate surface area is 63.6 Å². The van der Waals surface area contributed by atoms with E-state index in [0.717, 1.165) is 4.88 Å². The van der Waals surface area contributed by atoms with Crippen molar-refractivity contribution >= 4 is 11.3 Å². The molecule has 0 aliphatic heterocycles. The summed E-state index contributed by atoms with van der Waals surface area (Å²) in [4.78, 5) is 5.05. The molecule has 56 valence electrons. The second kappa shape index (κ2) is 3.53. The number of hydrogen-bond donors (Lipinski definition) is 0. The molecule has 3 nitrogen and oxygen atoms in total. The van der Waals surface area contributed by atoms with Crippen LogP contribution < -0.4 is 4.74 Å². The topological polar surface area (TPSA) is 31.4 Å². The van der Waals surface area contributed by atoms with E-state index in [2.05, 4.69) is 4.98 Å². The van der Waals surface area contributed by atoms with E-state index in [-0.39, 0.29) is 0 Å². The van der Waals surface area contributed by atoms with Crippen molar-refractivity contribution in [1.82, 2.24) is 4.98 Å². The van der Waals surface area contributed by atoms with E-state index in [0.29, 0.717) is 11.8 Å². The Hall–Kier alpha value is -0.610. The van der Waals surface area contributed by atoms with Crippen molar-refractivity contribution < 1.29 is 9.47 Å². The fraction of sp³-hybridized carbons (Fsp3) is 0.500. The molecular weight excluding hydrogens is 150 g/mol. The van der Waals surface area contributed by atoms with E-state index in [1.807, 2.05) is 0 Å². The van der Waals surface area contributed by atoms with Gasteiger partial charge in [0.25, 0.3) is 5.19 Å². The van der Waals surface area contributed by atoms with Gasteiger partial charge in [-0.2, -0.15) is 0 Å². The predicted molar refractivity (Wildman–Crippen MR) is 39.4 cm³/mol. The maximum Gasteiger partial charge on any atom is 0.273 e. The smallest absolute Gasteiger partial charge is 0.273 e. The first kappa shape index (κ1) is 7.50. The summed E-state index contributed by atoms with van der Waals surface area (Å²) in [5.74, 6) is 0. The average molecular weight is 159 g/mol. The van der Waals surface area contributed by atoms with E-state index < -0.39 is 0 Å². The quantitative estimate of drug-likeness (QED) is 0.666. The van der Waals surface area contributed by atoms with Crippen molar-refractivity contribution in [3.8, 4) is 5.19 Å². The van der Waals surface area contributed by atoms with Crippen LogP contribution in [0.2, 0.25) is 0 Å². The van der Waals surface area contributed by atoms with Gasteiger partial charge in [-0.3, -0.25) is 0 Å². The highest BCUT2D eigenvalue weighted by Gasteiger charge is 1.98. The minimum Gasteiger partial charge on any atom is -0.473 e. The van der Waals surface area contributed by atoms with Gasteiger partial charge < -0.3 is 9.47 Å². The molecule has 0 fully saturated rings. The first-order valence-corrected chi connectivity index (χ1v) is 3.66. The van der Waals surface area contributed by atoms with E-state index in [1.54, 1.807) is 20.4 Å². The van der Waals surface area contributed by atoms with E-state index in [4.69, 9.17) is 9.47 Å². The second-order valence-corrected chi connectivity index (χ2v) is 2.81. The van der Waals surface area contributed by atoms with E-state index in [1.165, 1.54) is 11.3 Å². The number of ether oxygens (including phenoxy) is 2. The lowest BCUT2D eigenvalue weighted by atomic mass is 10.6. The molecule has 1 aromatic heterocycles. The zero-order valence-electron chi connectivity index (χ0n) is 5.96. The molecule has 0 radical (unpaired) electrons. The highest BCUT2D eigenvalue weighted by molar-refractivity contribution is 7.13. The average Bonchev–Trinajstić information content (AvgIpc) is 2.37. The third kappa shape index (κ3) is 1.68. The Morgan fingerprint density at radius 2 is 2.40 bits per heavy atom. The van der Waals surface area contributed by atoms with Crippen LogP contribution in [0.4, 0.5) is 0 Å². The van der Waals surface area contributed by atoms with E-state index >= 15 is 0 Å². The summed E-state index contributed by atoms with van der Waals surface area (Å²) in [6.45, 7) is 0.612. The predicted octanol–water partition coefficient (Wildman–Crippen LogP) is 1.30. The van der Waals surface area contributed by atoms with Gasteiger partial charge in [0.05, 0.1) is 18.6 Å². The Morgan fingerprint density at radius 3 is 2.90 bits per heavy atom. The van der Waals surface area contributed by atoms with Crippen LogP contribution in [-0.4, -0.2) is 19.2 Å². The van der Waals surface area contributed by atoms with Gasteiger partial charge >= 0.3 is 0 Å². The lowest BCUT2D eigenvalue weighted by molar-refractivity contribution is 0.187. The lowest BCUT2D eigenvalue weighted by Gasteiger charge is -1.89. The van der Waals surface area contributed by atoms with Gasteiger partial charge in [0.1, 0.15) is 0 Å². The molecule has 0 saturated heterocycles. The molecule has 1 rings (SSSR count). The summed E-state index contributed by atoms with van der Waals surface area (Å²) in [5.41, 5.74) is 0. The summed E-state index contributed by atoms with van der Waals surface area (Å²) in [6.07, 6.45) is 1.76. The third-order valence-corrected chi connectivity index (χ3v) is 1.93. The Bertz CT molecular complexity index is 199. The first-order chi connectivity index (χ1) is 4.86. The SMILES string of the molecule is COCc1cnc(OC)s1. The zero-order valence-corrected chi connectivity index (χ0v) is 6.77. The number of nitrogens with zero attached hydrogens (tertiary/aromatic N) is 1. The maximum absolute atomic E-state index is 4.90. The van der Waals surface area contributed by atoms with Crippen LogP contribution in [0, 0.1) is 0 Å². The van der Waals surface area contributed by atoms with Gasteiger partial charge in [0.15, 0.2) is 0 Å². The fourth-order valence-electron chi connectivity index (χ4n) is 0.593. The summed E-state index contributed by atoms with van der Waals surface area (Å²) in [7, 11) is 3.27. The van der Waals surface area contributed by atoms with Crippen molar-refractivity contribution in [3.05, 3.63) is 11.1 Å². The van der Waals surface area contributed by atoms with Crippen LogP contribution in [0.3, 0.4) is 0 Å². The Kier molecular flexibility index (Phi) is 2.65. The molecule has 4 heteroatoms.